The smallest absolute Gasteiger partial charge is 0.242 e. The number of hydrogen-bond acceptors (Lipinski definition) is 3. The van der Waals surface area contributed by atoms with Crippen molar-refractivity contribution in [2.45, 2.75) is 36.7 Å². The van der Waals surface area contributed by atoms with Crippen molar-refractivity contribution in [2.75, 3.05) is 26.1 Å². The van der Waals surface area contributed by atoms with E-state index in [0.29, 0.717) is 17.3 Å². The number of alkyl halides is 1. The Morgan fingerprint density at radius 3 is 2.62 bits per heavy atom. The molecular weight excluding hydrogens is 310 g/mol. The van der Waals surface area contributed by atoms with Crippen LogP contribution in [0.2, 0.25) is 0 Å². The Labute approximate surface area is 132 Å². The molecule has 21 heavy (non-hydrogen) atoms. The first kappa shape index (κ1) is 16.7. The van der Waals surface area contributed by atoms with Gasteiger partial charge in [-0.2, -0.15) is 4.31 Å². The molecule has 118 valence electrons. The van der Waals surface area contributed by atoms with Crippen molar-refractivity contribution in [1.29, 1.82) is 0 Å². The fraction of sp³-hybridized carbons (Fsp3) is 0.600. The predicted molar refractivity (Wildman–Crippen MR) is 84.3 cm³/mol. The summed E-state index contributed by atoms with van der Waals surface area (Å²) >= 11 is 5.66. The summed E-state index contributed by atoms with van der Waals surface area (Å²) in [5.74, 6) is 0.615. The van der Waals surface area contributed by atoms with Gasteiger partial charge in [0.2, 0.25) is 10.0 Å². The molecule has 1 aliphatic rings. The highest BCUT2D eigenvalue weighted by Gasteiger charge is 2.25. The van der Waals surface area contributed by atoms with E-state index in [4.69, 9.17) is 16.3 Å². The fourth-order valence-electron chi connectivity index (χ4n) is 2.45. The Bertz CT molecular complexity index is 539. The molecule has 0 N–H and O–H groups in total. The average Bonchev–Trinajstić information content (AvgIpc) is 2.98. The first-order valence-corrected chi connectivity index (χ1v) is 9.24. The van der Waals surface area contributed by atoms with Crippen LogP contribution in [0, 0.1) is 0 Å². The van der Waals surface area contributed by atoms with Gasteiger partial charge in [0.15, 0.2) is 0 Å². The van der Waals surface area contributed by atoms with E-state index in [2.05, 4.69) is 0 Å². The highest BCUT2D eigenvalue weighted by molar-refractivity contribution is 7.89. The van der Waals surface area contributed by atoms with Crippen molar-refractivity contribution in [2.24, 2.45) is 0 Å². The zero-order chi connectivity index (χ0) is 15.3. The third kappa shape index (κ3) is 4.42. The van der Waals surface area contributed by atoms with Crippen LogP contribution in [0.1, 0.15) is 24.8 Å². The van der Waals surface area contributed by atoms with Gasteiger partial charge in [-0.05, 0) is 43.4 Å². The summed E-state index contributed by atoms with van der Waals surface area (Å²) in [6, 6.07) is 7.06. The van der Waals surface area contributed by atoms with Gasteiger partial charge in [-0.25, -0.2) is 8.42 Å². The molecule has 0 aliphatic carbocycles. The van der Waals surface area contributed by atoms with Crippen molar-refractivity contribution in [3.05, 3.63) is 29.8 Å². The van der Waals surface area contributed by atoms with Crippen molar-refractivity contribution in [3.8, 4) is 0 Å². The van der Waals surface area contributed by atoms with Crippen LogP contribution in [0.3, 0.4) is 0 Å². The van der Waals surface area contributed by atoms with Gasteiger partial charge in [0.25, 0.3) is 0 Å². The number of hydrogen-bond donors (Lipinski definition) is 0. The van der Waals surface area contributed by atoms with Crippen LogP contribution in [-0.2, 0) is 21.2 Å². The number of rotatable bonds is 7. The molecule has 1 fully saturated rings. The minimum Gasteiger partial charge on any atom is -0.377 e. The molecular formula is C15H22ClNO3S. The molecule has 1 aliphatic heterocycles. The van der Waals surface area contributed by atoms with Crippen LogP contribution in [0.5, 0.6) is 0 Å². The molecule has 6 heteroatoms. The number of benzene rings is 1. The van der Waals surface area contributed by atoms with Gasteiger partial charge >= 0.3 is 0 Å². The number of likely N-dealkylation sites (N-methyl/N-ethyl adjacent to an activating group) is 1. The van der Waals surface area contributed by atoms with Gasteiger partial charge in [-0.1, -0.05) is 12.1 Å². The summed E-state index contributed by atoms with van der Waals surface area (Å²) in [4.78, 5) is 0.331. The SMILES string of the molecule is CN(CC1CCCO1)S(=O)(=O)c1ccc(CCCCl)cc1. The van der Waals surface area contributed by atoms with Gasteiger partial charge in [-0.15, -0.1) is 11.6 Å². The highest BCUT2D eigenvalue weighted by Crippen LogP contribution is 2.19. The normalized spacial score (nSPS) is 19.3. The second kappa shape index (κ2) is 7.58. The molecule has 1 aromatic carbocycles. The van der Waals surface area contributed by atoms with Gasteiger partial charge in [0.1, 0.15) is 0 Å². The topological polar surface area (TPSA) is 46.6 Å². The van der Waals surface area contributed by atoms with Crippen molar-refractivity contribution < 1.29 is 13.2 Å². The molecule has 0 aromatic heterocycles. The zero-order valence-corrected chi connectivity index (χ0v) is 13.9. The maximum atomic E-state index is 12.5. The molecule has 0 amide bonds. The van der Waals surface area contributed by atoms with Crippen LogP contribution < -0.4 is 0 Å². The summed E-state index contributed by atoms with van der Waals surface area (Å²) in [6.45, 7) is 1.14. The van der Waals surface area contributed by atoms with Crippen molar-refractivity contribution in [1.82, 2.24) is 4.31 Å². The Balaban J connectivity index is 2.03. The van der Waals surface area contributed by atoms with E-state index in [9.17, 15) is 8.42 Å². The van der Waals surface area contributed by atoms with Gasteiger partial charge in [-0.3, -0.25) is 0 Å². The van der Waals surface area contributed by atoms with E-state index in [1.165, 1.54) is 4.31 Å². The molecule has 0 spiro atoms. The first-order chi connectivity index (χ1) is 10.0. The zero-order valence-electron chi connectivity index (χ0n) is 12.3. The molecule has 2 rings (SSSR count). The van der Waals surface area contributed by atoms with Gasteiger partial charge in [0, 0.05) is 26.1 Å². The Morgan fingerprint density at radius 2 is 2.05 bits per heavy atom. The Kier molecular flexibility index (Phi) is 6.05. The standard InChI is InChI=1S/C15H22ClNO3S/c1-17(12-14-5-3-11-20-14)21(18,19)15-8-6-13(7-9-15)4-2-10-16/h6-9,14H,2-5,10-12H2,1H3. The lowest BCUT2D eigenvalue weighted by Crippen LogP contribution is -2.34. The lowest BCUT2D eigenvalue weighted by Gasteiger charge is -2.20. The third-order valence-corrected chi connectivity index (χ3v) is 5.82. The number of sulfonamides is 1. The number of halogens is 1. The van der Waals surface area contributed by atoms with E-state index in [0.717, 1.165) is 37.9 Å². The van der Waals surface area contributed by atoms with Crippen LogP contribution in [0.15, 0.2) is 29.2 Å². The van der Waals surface area contributed by atoms with Crippen LogP contribution in [-0.4, -0.2) is 44.9 Å². The molecule has 0 bridgehead atoms. The summed E-state index contributed by atoms with van der Waals surface area (Å²) in [6.07, 6.45) is 3.72. The lowest BCUT2D eigenvalue weighted by atomic mass is 10.1. The summed E-state index contributed by atoms with van der Waals surface area (Å²) < 4.78 is 31.9. The van der Waals surface area contributed by atoms with Crippen LogP contribution in [0.25, 0.3) is 0 Å². The third-order valence-electron chi connectivity index (χ3n) is 3.72. The van der Waals surface area contributed by atoms with Crippen molar-refractivity contribution >= 4 is 21.6 Å². The second-order valence-electron chi connectivity index (χ2n) is 5.36. The van der Waals surface area contributed by atoms with E-state index >= 15 is 0 Å². The van der Waals surface area contributed by atoms with Crippen molar-refractivity contribution in [3.63, 3.8) is 0 Å². The molecule has 4 nitrogen and oxygen atoms in total. The molecule has 1 atom stereocenters. The van der Waals surface area contributed by atoms with Crippen LogP contribution in [0.4, 0.5) is 0 Å². The summed E-state index contributed by atoms with van der Waals surface area (Å²) in [5.41, 5.74) is 1.11. The molecule has 0 saturated carbocycles. The lowest BCUT2D eigenvalue weighted by molar-refractivity contribution is 0.0979. The number of aryl methyl sites for hydroxylation is 1. The fourth-order valence-corrected chi connectivity index (χ4v) is 3.79. The number of ether oxygens (including phenoxy) is 1. The quantitative estimate of drug-likeness (QED) is 0.722. The Hall–Kier alpha value is -0.620. The molecule has 1 heterocycles. The summed E-state index contributed by atoms with van der Waals surface area (Å²) in [7, 11) is -1.83. The molecule has 1 saturated heterocycles. The largest absolute Gasteiger partial charge is 0.377 e. The van der Waals surface area contributed by atoms with E-state index < -0.39 is 10.0 Å². The Morgan fingerprint density at radius 1 is 1.33 bits per heavy atom. The maximum absolute atomic E-state index is 12.5. The second-order valence-corrected chi connectivity index (χ2v) is 7.78. The minimum absolute atomic E-state index is 0.0211. The summed E-state index contributed by atoms with van der Waals surface area (Å²) in [5, 5.41) is 0. The maximum Gasteiger partial charge on any atom is 0.242 e. The van der Waals surface area contributed by atoms with Gasteiger partial charge in [0.05, 0.1) is 11.0 Å². The number of nitrogens with zero attached hydrogens (tertiary/aromatic N) is 1. The predicted octanol–water partition coefficient (Wildman–Crippen LogP) is 2.66. The first-order valence-electron chi connectivity index (χ1n) is 7.27. The highest BCUT2D eigenvalue weighted by atomic mass is 35.5. The van der Waals surface area contributed by atoms with Gasteiger partial charge < -0.3 is 4.74 Å². The average molecular weight is 332 g/mol. The minimum atomic E-state index is -3.44. The monoisotopic (exact) mass is 331 g/mol. The van der Waals surface area contributed by atoms with Crippen LogP contribution >= 0.6 is 11.6 Å². The molecule has 0 radical (unpaired) electrons. The van der Waals surface area contributed by atoms with E-state index in [-0.39, 0.29) is 6.10 Å². The molecule has 1 aromatic rings. The molecule has 1 unspecified atom stereocenters. The van der Waals surface area contributed by atoms with E-state index in [1.807, 2.05) is 12.1 Å². The van der Waals surface area contributed by atoms with E-state index in [1.54, 1.807) is 19.2 Å².